The van der Waals surface area contributed by atoms with Crippen LogP contribution < -0.4 is 16.4 Å². The van der Waals surface area contributed by atoms with Crippen molar-refractivity contribution in [2.45, 2.75) is 32.4 Å². The number of aromatic amines is 2. The number of carboxylic acid groups (broad SMARTS) is 1. The molecule has 5 heterocycles. The molecule has 0 unspecified atom stereocenters. The number of H-pyrrole nitrogens is 2. The number of alkyl halides is 3. The van der Waals surface area contributed by atoms with Crippen LogP contribution in [-0.2, 0) is 22.2 Å². The van der Waals surface area contributed by atoms with Crippen molar-refractivity contribution in [1.82, 2.24) is 40.2 Å². The van der Waals surface area contributed by atoms with E-state index in [2.05, 4.69) is 30.8 Å². The van der Waals surface area contributed by atoms with Gasteiger partial charge in [-0.25, -0.2) is 9.37 Å². The Kier molecular flexibility index (Phi) is 11.5. The Hall–Kier alpha value is -5.82. The highest BCUT2D eigenvalue weighted by molar-refractivity contribution is 6.02. The third-order valence-electron chi connectivity index (χ3n) is 11.3. The molecule has 3 aliphatic rings. The Balaban J connectivity index is 0.955. The molecule has 308 valence electrons. The number of nitrogens with one attached hydrogen (secondary N) is 4. The van der Waals surface area contributed by atoms with Gasteiger partial charge in [0.2, 0.25) is 5.91 Å². The number of nitrogens with zero attached hydrogens (tertiary/aromatic N) is 5. The quantitative estimate of drug-likeness (QED) is 0.0960. The van der Waals surface area contributed by atoms with Crippen molar-refractivity contribution in [2.24, 2.45) is 17.8 Å². The normalized spacial score (nSPS) is 17.5. The van der Waals surface area contributed by atoms with Gasteiger partial charge in [0, 0.05) is 78.5 Å². The number of piperazine rings is 1. The molecule has 4 aromatic rings. The third kappa shape index (κ3) is 8.69. The average molecular weight is 809 g/mol. The van der Waals surface area contributed by atoms with Gasteiger partial charge in [0.15, 0.2) is 11.5 Å². The van der Waals surface area contributed by atoms with Crippen LogP contribution in [0.5, 0.6) is 0 Å². The summed E-state index contributed by atoms with van der Waals surface area (Å²) in [5, 5.41) is 20.8. The summed E-state index contributed by atoms with van der Waals surface area (Å²) >= 11 is 0. The van der Waals surface area contributed by atoms with Crippen LogP contribution >= 0.6 is 0 Å². The van der Waals surface area contributed by atoms with Gasteiger partial charge < -0.3 is 36.3 Å². The molecule has 3 fully saturated rings. The van der Waals surface area contributed by atoms with Crippen LogP contribution in [0.1, 0.15) is 56.3 Å². The number of halogens is 4. The average Bonchev–Trinajstić information content (AvgIpc) is 3.81. The minimum atomic E-state index is -4.85. The number of hydrogen-bond donors (Lipinski definition) is 6. The smallest absolute Gasteiger partial charge is 0.435 e. The number of nitrogen functional groups attached to an aromatic ring is 1. The highest BCUT2D eigenvalue weighted by atomic mass is 19.4. The Bertz CT molecular complexity index is 2190. The molecule has 2 aromatic heterocycles. The highest BCUT2D eigenvalue weighted by Gasteiger charge is 2.42. The van der Waals surface area contributed by atoms with Crippen molar-refractivity contribution < 1.29 is 41.8 Å². The first-order valence-corrected chi connectivity index (χ1v) is 19.0. The SMILES string of the molecule is Cc1cc(NC(=O)c2ncc(Cc3c(C(F)(F)F)n[nH]c3-c3ccc(N)cc3F)[nH]2)ccc1C(=O)N1CCN(C(=O)[C@@H](C2CCN(CC(=O)O)CC2)C2CNC2)CC1. The van der Waals surface area contributed by atoms with E-state index in [1.165, 1.54) is 18.3 Å². The summed E-state index contributed by atoms with van der Waals surface area (Å²) in [5.74, 6) is -2.40. The van der Waals surface area contributed by atoms with Crippen LogP contribution in [0.4, 0.5) is 28.9 Å². The summed E-state index contributed by atoms with van der Waals surface area (Å²) < 4.78 is 56.4. The van der Waals surface area contributed by atoms with Gasteiger partial charge in [-0.15, -0.1) is 0 Å². The molecule has 19 heteroatoms. The molecule has 3 saturated heterocycles. The van der Waals surface area contributed by atoms with Crippen LogP contribution in [0.15, 0.2) is 42.6 Å². The molecule has 2 aromatic carbocycles. The zero-order chi connectivity index (χ0) is 41.3. The number of nitrogens with two attached hydrogens (primary N) is 1. The standard InChI is InChI=1S/C39H44F4N10O5/c1-21-14-25(48-36(56)35-46-19-26(47-35)16-29-33(49-50-34(29)39(41,42)43)28-4-2-24(44)15-30(28)40)3-5-27(21)37(57)52-10-12-53(13-11-52)38(58)32(23-17-45-18-23)22-6-8-51(9-7-22)20-31(54)55/h2-5,14-15,19,22-23,32,45H,6-13,16-18,20,44H2,1H3,(H,46,47)(H,48,56)(H,49,50)(H,54,55)/t32-/m0/s1. The molecule has 7 rings (SSSR count). The number of amides is 3. The van der Waals surface area contributed by atoms with Gasteiger partial charge in [0.25, 0.3) is 11.8 Å². The lowest BCUT2D eigenvalue weighted by molar-refractivity contribution is -0.144. The molecule has 3 aliphatic heterocycles. The number of carboxylic acids is 1. The van der Waals surface area contributed by atoms with E-state index in [1.807, 2.05) is 9.80 Å². The number of aryl methyl sites for hydroxylation is 1. The molecule has 0 saturated carbocycles. The number of anilines is 2. The van der Waals surface area contributed by atoms with Crippen LogP contribution in [-0.4, -0.2) is 123 Å². The molecule has 0 aliphatic carbocycles. The lowest BCUT2D eigenvalue weighted by Crippen LogP contribution is -2.58. The number of carbonyl (C=O) groups excluding carboxylic acids is 3. The molecule has 0 spiro atoms. The molecular formula is C39H44F4N10O5. The molecule has 0 radical (unpaired) electrons. The third-order valence-corrected chi connectivity index (χ3v) is 11.3. The summed E-state index contributed by atoms with van der Waals surface area (Å²) in [4.78, 5) is 64.1. The Morgan fingerprint density at radius 2 is 1.69 bits per heavy atom. The van der Waals surface area contributed by atoms with E-state index < -0.39 is 36.0 Å². The number of benzene rings is 2. The van der Waals surface area contributed by atoms with E-state index in [0.717, 1.165) is 32.0 Å². The molecule has 15 nitrogen and oxygen atoms in total. The first-order chi connectivity index (χ1) is 27.7. The zero-order valence-corrected chi connectivity index (χ0v) is 31.7. The molecular weight excluding hydrogens is 764 g/mol. The van der Waals surface area contributed by atoms with E-state index in [9.17, 15) is 36.7 Å². The maximum absolute atomic E-state index is 14.7. The fraction of sp³-hybridized carbons (Fsp3) is 0.436. The molecule has 0 bridgehead atoms. The maximum Gasteiger partial charge on any atom is 0.435 e. The predicted molar refractivity (Wildman–Crippen MR) is 203 cm³/mol. The number of likely N-dealkylation sites (tertiary alicyclic amines) is 1. The van der Waals surface area contributed by atoms with Gasteiger partial charge in [0.1, 0.15) is 5.82 Å². The van der Waals surface area contributed by atoms with Crippen LogP contribution in [0.3, 0.4) is 0 Å². The van der Waals surface area contributed by atoms with Gasteiger partial charge in [-0.3, -0.25) is 29.2 Å². The first kappa shape index (κ1) is 40.4. The van der Waals surface area contributed by atoms with Crippen LogP contribution in [0.2, 0.25) is 0 Å². The zero-order valence-electron chi connectivity index (χ0n) is 31.7. The first-order valence-electron chi connectivity index (χ1n) is 19.0. The maximum atomic E-state index is 14.7. The molecule has 58 heavy (non-hydrogen) atoms. The number of aromatic nitrogens is 4. The fourth-order valence-corrected chi connectivity index (χ4v) is 8.18. The second-order valence-electron chi connectivity index (χ2n) is 15.1. The number of piperidine rings is 1. The van der Waals surface area contributed by atoms with Gasteiger partial charge in [-0.1, -0.05) is 0 Å². The minimum Gasteiger partial charge on any atom is -0.480 e. The topological polar surface area (TPSA) is 206 Å². The number of imidazole rings is 1. The Morgan fingerprint density at radius 3 is 2.31 bits per heavy atom. The van der Waals surface area contributed by atoms with Crippen molar-refractivity contribution in [3.8, 4) is 11.3 Å². The Labute approximate surface area is 330 Å². The summed E-state index contributed by atoms with van der Waals surface area (Å²) in [7, 11) is 0. The summed E-state index contributed by atoms with van der Waals surface area (Å²) in [6.45, 7) is 6.09. The second-order valence-corrected chi connectivity index (χ2v) is 15.1. The summed E-state index contributed by atoms with van der Waals surface area (Å²) in [6.07, 6.45) is -2.51. The number of aliphatic carboxylic acids is 1. The monoisotopic (exact) mass is 808 g/mol. The summed E-state index contributed by atoms with van der Waals surface area (Å²) in [5.41, 5.74) is 5.29. The summed E-state index contributed by atoms with van der Waals surface area (Å²) in [6, 6.07) is 8.39. The van der Waals surface area contributed by atoms with Crippen molar-refractivity contribution in [2.75, 3.05) is 70.0 Å². The van der Waals surface area contributed by atoms with E-state index in [0.29, 0.717) is 56.1 Å². The number of rotatable bonds is 11. The van der Waals surface area contributed by atoms with E-state index in [4.69, 9.17) is 10.8 Å². The van der Waals surface area contributed by atoms with Gasteiger partial charge >= 0.3 is 12.1 Å². The molecule has 7 N–H and O–H groups in total. The van der Waals surface area contributed by atoms with Crippen LogP contribution in [0.25, 0.3) is 11.3 Å². The van der Waals surface area contributed by atoms with Gasteiger partial charge in [0.05, 0.1) is 12.2 Å². The Morgan fingerprint density at radius 1 is 0.983 bits per heavy atom. The molecule has 3 amide bonds. The number of carbonyl (C=O) groups is 4. The second kappa shape index (κ2) is 16.6. The van der Waals surface area contributed by atoms with Crippen molar-refractivity contribution in [3.05, 3.63) is 82.3 Å². The lowest BCUT2D eigenvalue weighted by Gasteiger charge is -2.45. The van der Waals surface area contributed by atoms with E-state index in [-0.39, 0.29) is 70.1 Å². The van der Waals surface area contributed by atoms with Crippen molar-refractivity contribution >= 4 is 35.1 Å². The largest absolute Gasteiger partial charge is 0.480 e. The minimum absolute atomic E-state index is 0.00238. The number of hydrogen-bond acceptors (Lipinski definition) is 9. The van der Waals surface area contributed by atoms with Gasteiger partial charge in [-0.2, -0.15) is 18.3 Å². The molecule has 1 atom stereocenters. The highest BCUT2D eigenvalue weighted by Crippen LogP contribution is 2.38. The van der Waals surface area contributed by atoms with Gasteiger partial charge in [-0.05, 0) is 99.7 Å². The van der Waals surface area contributed by atoms with Crippen molar-refractivity contribution in [1.29, 1.82) is 0 Å². The fourth-order valence-electron chi connectivity index (χ4n) is 8.18. The van der Waals surface area contributed by atoms with Crippen LogP contribution in [0, 0.1) is 30.5 Å². The predicted octanol–water partition coefficient (Wildman–Crippen LogP) is 3.61. The van der Waals surface area contributed by atoms with E-state index >= 15 is 0 Å². The van der Waals surface area contributed by atoms with Crippen molar-refractivity contribution in [3.63, 3.8) is 0 Å². The van der Waals surface area contributed by atoms with E-state index in [1.54, 1.807) is 30.0 Å². The lowest BCUT2D eigenvalue weighted by atomic mass is 9.73.